The minimum atomic E-state index is -1.75. The summed E-state index contributed by atoms with van der Waals surface area (Å²) in [4.78, 5) is 53.3. The number of nitrogens with zero attached hydrogens (tertiary/aromatic N) is 8. The van der Waals surface area contributed by atoms with Gasteiger partial charge in [-0.15, -0.1) is 0 Å². The zero-order valence-electron chi connectivity index (χ0n) is 28.0. The van der Waals surface area contributed by atoms with Crippen molar-refractivity contribution >= 4 is 67.2 Å². The third-order valence-electron chi connectivity index (χ3n) is 7.46. The number of hydrogen-bond donors (Lipinski definition) is 2. The summed E-state index contributed by atoms with van der Waals surface area (Å²) in [5.74, 6) is 2.39. The van der Waals surface area contributed by atoms with Gasteiger partial charge in [0.2, 0.25) is 0 Å². The Hall–Kier alpha value is -6.83. The summed E-state index contributed by atoms with van der Waals surface area (Å²) in [6.07, 6.45) is 0. The standard InChI is InChI=1S/C32H18N8.Mg.2NO3.6H2O/c1-2-10-18-17(9-1)25-33-26(18)38-28-21-13-5-6-14-22(21)30(35-28)40-32-24-16-8-7-15-23(24)31(36-32)39-29-20-12-4-3-11-19(20)27(34-29)37-25;;2*2-1(3)4;;;;;;/h1-16H,(H2,33,34,35,36,37,38,39,40);;;;6*1H2/q;+2;2*-1;;;;;;. The first-order valence-electron chi connectivity index (χ1n) is 14.1. The van der Waals surface area contributed by atoms with Gasteiger partial charge in [0.05, 0.1) is 10.2 Å². The van der Waals surface area contributed by atoms with Crippen LogP contribution in [0.15, 0.2) is 97.1 Å². The van der Waals surface area contributed by atoms with Crippen LogP contribution in [0.5, 0.6) is 0 Å². The van der Waals surface area contributed by atoms with E-state index in [2.05, 4.69) is 9.97 Å². The Labute approximate surface area is 322 Å². The number of H-pyrrole nitrogens is 2. The van der Waals surface area contributed by atoms with Crippen molar-refractivity contribution in [2.45, 2.75) is 0 Å². The third-order valence-corrected chi connectivity index (χ3v) is 7.46. The Morgan fingerprint density at radius 1 is 0.364 bits per heavy atom. The second-order valence-corrected chi connectivity index (χ2v) is 10.2. The molecule has 0 aliphatic carbocycles. The predicted octanol–water partition coefficient (Wildman–Crippen LogP) is 1.06. The van der Waals surface area contributed by atoms with E-state index >= 15 is 0 Å². The van der Waals surface area contributed by atoms with E-state index in [1.54, 1.807) is 0 Å². The summed E-state index contributed by atoms with van der Waals surface area (Å²) in [6, 6.07) is 32.2. The van der Waals surface area contributed by atoms with Gasteiger partial charge in [0.15, 0.2) is 23.3 Å². The number of nitrogens with one attached hydrogen (secondary N) is 2. The molecule has 0 saturated heterocycles. The largest absolute Gasteiger partial charge is 2.00 e. The summed E-state index contributed by atoms with van der Waals surface area (Å²) in [5, 5.41) is 33.3. The average Bonchev–Trinajstić information content (AvgIpc) is 3.80. The third kappa shape index (κ3) is 9.40. The van der Waals surface area contributed by atoms with E-state index in [0.717, 1.165) is 43.8 Å². The fourth-order valence-corrected chi connectivity index (χ4v) is 5.59. The van der Waals surface area contributed by atoms with Crippen LogP contribution in [0.4, 0.5) is 0 Å². The van der Waals surface area contributed by atoms with Gasteiger partial charge in [-0.1, -0.05) is 97.1 Å². The zero-order chi connectivity index (χ0) is 33.4. The van der Waals surface area contributed by atoms with E-state index in [9.17, 15) is 0 Å². The van der Waals surface area contributed by atoms with Crippen LogP contribution < -0.4 is 0 Å². The molecule has 0 amide bonds. The SMILES string of the molecule is O.O.O.O.O.O.O=[N+]([O-])[O-].O=[N+]([O-])[O-].[Mg+2].c1ccc2c(c1)-c1nc-2nc2[nH]c(nc3nc(nc4[nH]c(n1)c1ccccc41)-c1ccccc1-3)c1ccccc21. The molecule has 2 aliphatic heterocycles. The van der Waals surface area contributed by atoms with Gasteiger partial charge in [-0.25, -0.2) is 29.9 Å². The van der Waals surface area contributed by atoms with Gasteiger partial charge in [-0.3, -0.25) is 0 Å². The fourth-order valence-electron chi connectivity index (χ4n) is 5.59. The number of fused-ring (bicyclic) bond motifs is 20. The van der Waals surface area contributed by atoms with Gasteiger partial charge in [-0.05, 0) is 0 Å². The van der Waals surface area contributed by atoms with Gasteiger partial charge in [0, 0.05) is 43.8 Å². The smallest absolute Gasteiger partial charge is 0.412 e. The molecule has 7 aromatic rings. The second-order valence-electron chi connectivity index (χ2n) is 10.2. The van der Waals surface area contributed by atoms with E-state index in [0.29, 0.717) is 45.9 Å². The average molecular weight is 771 g/mol. The molecule has 0 spiro atoms. The first-order chi connectivity index (χ1) is 23.3. The van der Waals surface area contributed by atoms with E-state index in [1.165, 1.54) is 0 Å². The molecule has 3 aromatic heterocycles. The Balaban J connectivity index is 0.00000179. The van der Waals surface area contributed by atoms with Gasteiger partial charge in [0.1, 0.15) is 22.6 Å². The maximum atomic E-state index is 8.25. The van der Waals surface area contributed by atoms with Crippen molar-refractivity contribution in [2.24, 2.45) is 0 Å². The molecule has 0 radical (unpaired) electrons. The molecule has 22 nitrogen and oxygen atoms in total. The van der Waals surface area contributed by atoms with Crippen LogP contribution in [0.3, 0.4) is 0 Å². The number of benzene rings is 4. The van der Waals surface area contributed by atoms with Crippen LogP contribution in [0.2, 0.25) is 0 Å². The topological polar surface area (TPSA) is 430 Å². The van der Waals surface area contributed by atoms with Gasteiger partial charge >= 0.3 is 23.1 Å². The molecule has 0 fully saturated rings. The first kappa shape index (κ1) is 48.2. The molecular weight excluding hydrogens is 741 g/mol. The summed E-state index contributed by atoms with van der Waals surface area (Å²) in [7, 11) is 0. The Morgan fingerprint density at radius 3 is 0.745 bits per heavy atom. The predicted molar refractivity (Wildman–Crippen MR) is 204 cm³/mol. The van der Waals surface area contributed by atoms with Gasteiger partial charge in [0.25, 0.3) is 0 Å². The molecule has 0 saturated carbocycles. The van der Waals surface area contributed by atoms with Crippen LogP contribution in [0.25, 0.3) is 89.7 Å². The maximum Gasteiger partial charge on any atom is 2.00 e. The molecule has 4 aromatic carbocycles. The van der Waals surface area contributed by atoms with Crippen LogP contribution in [-0.2, 0) is 0 Å². The molecule has 9 rings (SSSR count). The zero-order valence-corrected chi connectivity index (χ0v) is 29.4. The van der Waals surface area contributed by atoms with Crippen molar-refractivity contribution in [2.75, 3.05) is 0 Å². The van der Waals surface area contributed by atoms with Gasteiger partial charge < -0.3 is 73.5 Å². The minimum absolute atomic E-state index is 0. The maximum absolute atomic E-state index is 8.25. The van der Waals surface area contributed by atoms with Crippen molar-refractivity contribution in [1.82, 2.24) is 39.9 Å². The Bertz CT molecular complexity index is 2260. The van der Waals surface area contributed by atoms with E-state index in [1.807, 2.05) is 97.1 Å². The van der Waals surface area contributed by atoms with Crippen LogP contribution in [-0.4, -0.2) is 106 Å². The summed E-state index contributed by atoms with van der Waals surface area (Å²) >= 11 is 0. The number of aromatic amines is 2. The van der Waals surface area contributed by atoms with E-state index in [-0.39, 0.29) is 55.9 Å². The molecule has 0 unspecified atom stereocenters. The molecule has 14 N–H and O–H groups in total. The van der Waals surface area contributed by atoms with Crippen LogP contribution in [0.1, 0.15) is 0 Å². The summed E-state index contributed by atoms with van der Waals surface area (Å²) < 4.78 is 0. The first-order valence-corrected chi connectivity index (χ1v) is 14.1. The van der Waals surface area contributed by atoms with Crippen molar-refractivity contribution in [1.29, 1.82) is 0 Å². The fraction of sp³-hybridized carbons (Fsp3) is 0. The Morgan fingerprint density at radius 2 is 0.545 bits per heavy atom. The molecular formula is C32H30MgN10O12. The molecule has 55 heavy (non-hydrogen) atoms. The van der Waals surface area contributed by atoms with Crippen LogP contribution in [0, 0.1) is 30.6 Å². The molecule has 0 atom stereocenters. The van der Waals surface area contributed by atoms with Gasteiger partial charge in [-0.2, -0.15) is 0 Å². The quantitative estimate of drug-likeness (QED) is 0.124. The minimum Gasteiger partial charge on any atom is -0.412 e. The monoisotopic (exact) mass is 770 g/mol. The van der Waals surface area contributed by atoms with Crippen molar-refractivity contribution in [3.63, 3.8) is 0 Å². The van der Waals surface area contributed by atoms with E-state index in [4.69, 9.17) is 60.5 Å². The number of rotatable bonds is 0. The van der Waals surface area contributed by atoms with Crippen molar-refractivity contribution < 1.29 is 43.0 Å². The number of hydrogen-bond acceptors (Lipinski definition) is 12. The molecule has 282 valence electrons. The molecule has 8 bridgehead atoms. The van der Waals surface area contributed by atoms with Crippen molar-refractivity contribution in [3.8, 4) is 45.6 Å². The second kappa shape index (κ2) is 19.8. The molecule has 2 aliphatic rings. The summed E-state index contributed by atoms with van der Waals surface area (Å²) in [5.41, 5.74) is 6.45. The number of aromatic nitrogens is 8. The van der Waals surface area contributed by atoms with E-state index < -0.39 is 10.2 Å². The normalized spacial score (nSPS) is 9.60. The van der Waals surface area contributed by atoms with Crippen molar-refractivity contribution in [3.05, 3.63) is 128 Å². The van der Waals surface area contributed by atoms with Crippen LogP contribution >= 0.6 is 0 Å². The summed E-state index contributed by atoms with van der Waals surface area (Å²) in [6.45, 7) is 0. The molecule has 23 heteroatoms. The molecule has 5 heterocycles. The Kier molecular flexibility index (Phi) is 17.4.